The number of hydrogen-bond acceptors (Lipinski definition) is 4. The smallest absolute Gasteiger partial charge is 0.200 e. The van der Waals surface area contributed by atoms with E-state index in [0.717, 1.165) is 13.1 Å². The highest BCUT2D eigenvalue weighted by atomic mass is 35.5. The second-order valence-corrected chi connectivity index (χ2v) is 7.90. The number of phenols is 1. The monoisotopic (exact) mass is 400 g/mol. The highest BCUT2D eigenvalue weighted by Gasteiger charge is 2.28. The molecule has 1 aliphatic heterocycles. The minimum atomic E-state index is -0.158. The lowest BCUT2D eigenvalue weighted by Gasteiger charge is -2.32. The largest absolute Gasteiger partial charge is 0.507 e. The summed E-state index contributed by atoms with van der Waals surface area (Å²) < 4.78 is 11.7. The highest BCUT2D eigenvalue weighted by Crippen LogP contribution is 2.30. The van der Waals surface area contributed by atoms with Crippen LogP contribution in [0.25, 0.3) is 22.1 Å². The molecule has 1 aliphatic rings. The second-order valence-electron chi connectivity index (χ2n) is 7.49. The first-order valence-corrected chi connectivity index (χ1v) is 9.82. The van der Waals surface area contributed by atoms with Crippen molar-refractivity contribution in [1.82, 2.24) is 0 Å². The van der Waals surface area contributed by atoms with E-state index in [0.29, 0.717) is 39.2 Å². The lowest BCUT2D eigenvalue weighted by molar-refractivity contribution is -0.928. The summed E-state index contributed by atoms with van der Waals surface area (Å²) in [5.74, 6) is 0.139. The van der Waals surface area contributed by atoms with Crippen LogP contribution < -0.4 is 10.3 Å². The minimum absolute atomic E-state index is 0.139. The Bertz CT molecular complexity index is 1070. The van der Waals surface area contributed by atoms with Crippen LogP contribution >= 0.6 is 11.6 Å². The number of ether oxygens (including phenoxy) is 1. The number of nitrogens with one attached hydrogen (secondary N) is 1. The fourth-order valence-electron chi connectivity index (χ4n) is 4.07. The number of rotatable bonds is 3. The van der Waals surface area contributed by atoms with E-state index >= 15 is 0 Å². The number of phenolic OH excluding ortho intramolecular Hbond substituents is 1. The van der Waals surface area contributed by atoms with E-state index in [1.54, 1.807) is 24.3 Å². The van der Waals surface area contributed by atoms with E-state index < -0.39 is 0 Å². The van der Waals surface area contributed by atoms with Gasteiger partial charge in [0.2, 0.25) is 5.43 Å². The number of halogens is 1. The molecule has 1 saturated heterocycles. The average molecular weight is 401 g/mol. The van der Waals surface area contributed by atoms with Crippen LogP contribution in [-0.2, 0) is 11.3 Å². The summed E-state index contributed by atoms with van der Waals surface area (Å²) in [5, 5.41) is 11.4. The molecule has 0 amide bonds. The standard InChI is InChI=1S/C22H22ClNO4/c1-13-9-24(10-14(2)28-13)11-17-20(25)8-7-16-21(26)18(12-27-22(16)17)15-5-3-4-6-19(15)23/h3-8,12-14,25H,9-11H2,1-2H3/p+1/t13-,14-/m1/s1. The Kier molecular flexibility index (Phi) is 5.15. The van der Waals surface area contributed by atoms with E-state index in [1.165, 1.54) is 11.2 Å². The van der Waals surface area contributed by atoms with Gasteiger partial charge in [-0.15, -0.1) is 0 Å². The van der Waals surface area contributed by atoms with E-state index in [4.69, 9.17) is 20.8 Å². The zero-order chi connectivity index (χ0) is 19.8. The van der Waals surface area contributed by atoms with Gasteiger partial charge in [-0.1, -0.05) is 29.8 Å². The number of morpholine rings is 1. The molecular weight excluding hydrogens is 378 g/mol. The third-order valence-corrected chi connectivity index (χ3v) is 5.56. The summed E-state index contributed by atoms with van der Waals surface area (Å²) >= 11 is 6.26. The predicted octanol–water partition coefficient (Wildman–Crippen LogP) is 3.01. The fourth-order valence-corrected chi connectivity index (χ4v) is 4.30. The number of quaternary nitrogens is 1. The van der Waals surface area contributed by atoms with Crippen LogP contribution in [0.2, 0.25) is 5.02 Å². The maximum atomic E-state index is 13.1. The normalized spacial score (nSPS) is 22.5. The van der Waals surface area contributed by atoms with Crippen molar-refractivity contribution in [2.24, 2.45) is 0 Å². The van der Waals surface area contributed by atoms with Crippen molar-refractivity contribution in [2.45, 2.75) is 32.6 Å². The maximum Gasteiger partial charge on any atom is 0.200 e. The minimum Gasteiger partial charge on any atom is -0.507 e. The van der Waals surface area contributed by atoms with Gasteiger partial charge in [-0.3, -0.25) is 4.79 Å². The number of aromatic hydroxyl groups is 1. The quantitative estimate of drug-likeness (QED) is 0.709. The number of benzene rings is 2. The average Bonchev–Trinajstić information content (AvgIpc) is 2.64. The molecule has 4 rings (SSSR count). The van der Waals surface area contributed by atoms with Gasteiger partial charge in [0.25, 0.3) is 0 Å². The molecule has 3 aromatic rings. The van der Waals surface area contributed by atoms with Gasteiger partial charge < -0.3 is 19.2 Å². The van der Waals surface area contributed by atoms with Crippen LogP contribution in [-0.4, -0.2) is 30.4 Å². The summed E-state index contributed by atoms with van der Waals surface area (Å²) in [7, 11) is 0. The summed E-state index contributed by atoms with van der Waals surface area (Å²) in [6.45, 7) is 6.34. The lowest BCUT2D eigenvalue weighted by Crippen LogP contribution is -3.14. The highest BCUT2D eigenvalue weighted by molar-refractivity contribution is 6.33. The van der Waals surface area contributed by atoms with Crippen LogP contribution in [0.3, 0.4) is 0 Å². The molecule has 5 nitrogen and oxygen atoms in total. The molecule has 6 heteroatoms. The third-order valence-electron chi connectivity index (χ3n) is 5.23. The van der Waals surface area contributed by atoms with Crippen LogP contribution in [0.1, 0.15) is 19.4 Å². The molecule has 0 aliphatic carbocycles. The molecule has 0 spiro atoms. The molecule has 2 aromatic carbocycles. The van der Waals surface area contributed by atoms with E-state index in [9.17, 15) is 9.90 Å². The molecular formula is C22H23ClNO4+. The molecule has 1 fully saturated rings. The fraction of sp³-hybridized carbons (Fsp3) is 0.318. The summed E-state index contributed by atoms with van der Waals surface area (Å²) in [5.41, 5.74) is 1.97. The Labute approximate surface area is 168 Å². The summed E-state index contributed by atoms with van der Waals surface area (Å²) in [6.07, 6.45) is 1.73. The van der Waals surface area contributed by atoms with Crippen molar-refractivity contribution < 1.29 is 19.2 Å². The van der Waals surface area contributed by atoms with E-state index in [2.05, 4.69) is 13.8 Å². The first-order valence-electron chi connectivity index (χ1n) is 9.44. The van der Waals surface area contributed by atoms with Crippen molar-refractivity contribution in [1.29, 1.82) is 0 Å². The van der Waals surface area contributed by atoms with Gasteiger partial charge >= 0.3 is 0 Å². The van der Waals surface area contributed by atoms with Gasteiger partial charge in [0.05, 0.1) is 16.5 Å². The topological polar surface area (TPSA) is 64.1 Å². The molecule has 2 heterocycles. The zero-order valence-electron chi connectivity index (χ0n) is 15.9. The van der Waals surface area contributed by atoms with Crippen LogP contribution in [0, 0.1) is 0 Å². The molecule has 146 valence electrons. The summed E-state index contributed by atoms with van der Waals surface area (Å²) in [4.78, 5) is 14.4. The number of fused-ring (bicyclic) bond motifs is 1. The molecule has 1 aromatic heterocycles. The third kappa shape index (κ3) is 3.53. The van der Waals surface area contributed by atoms with Crippen molar-refractivity contribution in [3.63, 3.8) is 0 Å². The molecule has 2 atom stereocenters. The Morgan fingerprint density at radius 1 is 1.11 bits per heavy atom. The van der Waals surface area contributed by atoms with Crippen LogP contribution in [0.5, 0.6) is 5.75 Å². The van der Waals surface area contributed by atoms with Crippen molar-refractivity contribution >= 4 is 22.6 Å². The van der Waals surface area contributed by atoms with Gasteiger partial charge in [0.1, 0.15) is 49.4 Å². The summed E-state index contributed by atoms with van der Waals surface area (Å²) in [6, 6.07) is 10.4. The van der Waals surface area contributed by atoms with Gasteiger partial charge in [0, 0.05) is 10.6 Å². The number of hydrogen-bond donors (Lipinski definition) is 2. The maximum absolute atomic E-state index is 13.1. The first kappa shape index (κ1) is 19.0. The van der Waals surface area contributed by atoms with Gasteiger partial charge in [-0.05, 0) is 32.0 Å². The van der Waals surface area contributed by atoms with Crippen molar-refractivity contribution in [2.75, 3.05) is 13.1 Å². The lowest BCUT2D eigenvalue weighted by atomic mass is 10.0. The predicted molar refractivity (Wildman–Crippen MR) is 109 cm³/mol. The van der Waals surface area contributed by atoms with Gasteiger partial charge in [0.15, 0.2) is 0 Å². The SMILES string of the molecule is C[C@@H]1C[NH+](Cc2c(O)ccc3c(=O)c(-c4ccccc4Cl)coc23)C[C@@H](C)O1. The molecule has 0 radical (unpaired) electrons. The molecule has 28 heavy (non-hydrogen) atoms. The van der Waals surface area contributed by atoms with E-state index in [1.807, 2.05) is 12.1 Å². The van der Waals surface area contributed by atoms with Crippen molar-refractivity contribution in [3.8, 4) is 16.9 Å². The molecule has 0 saturated carbocycles. The van der Waals surface area contributed by atoms with Gasteiger partial charge in [-0.25, -0.2) is 0 Å². The van der Waals surface area contributed by atoms with Crippen molar-refractivity contribution in [3.05, 3.63) is 63.5 Å². The Morgan fingerprint density at radius 2 is 1.82 bits per heavy atom. The first-order chi connectivity index (χ1) is 13.4. The Hall–Kier alpha value is -2.34. The van der Waals surface area contributed by atoms with E-state index in [-0.39, 0.29) is 23.4 Å². The van der Waals surface area contributed by atoms with Crippen LogP contribution in [0.4, 0.5) is 0 Å². The molecule has 0 bridgehead atoms. The second kappa shape index (κ2) is 7.59. The molecule has 0 unspecified atom stereocenters. The molecule has 2 N–H and O–H groups in total. The Balaban J connectivity index is 1.78. The zero-order valence-corrected chi connectivity index (χ0v) is 16.6. The Morgan fingerprint density at radius 3 is 2.54 bits per heavy atom. The van der Waals surface area contributed by atoms with Gasteiger partial charge in [-0.2, -0.15) is 0 Å². The van der Waals surface area contributed by atoms with Crippen LogP contribution in [0.15, 0.2) is 51.9 Å².